The zero-order valence-corrected chi connectivity index (χ0v) is 10.9. The van der Waals surface area contributed by atoms with Crippen molar-refractivity contribution in [2.45, 2.75) is 0 Å². The van der Waals surface area contributed by atoms with E-state index in [4.69, 9.17) is 11.6 Å². The molecule has 5 nitrogen and oxygen atoms in total. The quantitative estimate of drug-likeness (QED) is 0.283. The van der Waals surface area contributed by atoms with E-state index in [0.717, 1.165) is 0 Å². The molecular weight excluding hydrogens is 280 g/mol. The number of benzene rings is 2. The lowest BCUT2D eigenvalue weighted by molar-refractivity contribution is -0.384. The van der Waals surface area contributed by atoms with Crippen molar-refractivity contribution in [2.24, 2.45) is 4.99 Å². The molecule has 20 heavy (non-hydrogen) atoms. The van der Waals surface area contributed by atoms with Gasteiger partial charge >= 0.3 is 5.37 Å². The van der Waals surface area contributed by atoms with E-state index < -0.39 is 10.3 Å². The van der Waals surface area contributed by atoms with E-state index in [1.165, 1.54) is 24.3 Å². The topological polar surface area (TPSA) is 72.6 Å². The van der Waals surface area contributed by atoms with Crippen LogP contribution in [0.15, 0.2) is 59.6 Å². The number of aliphatic imine (C=N–C) groups is 1. The first-order valence-electron chi connectivity index (χ1n) is 5.66. The maximum absolute atomic E-state index is 11.0. The molecule has 0 saturated carbocycles. The molecule has 0 unspecified atom stereocenters. The van der Waals surface area contributed by atoms with Crippen LogP contribution in [-0.4, -0.2) is 16.0 Å². The molecule has 0 heterocycles. The van der Waals surface area contributed by atoms with Gasteiger partial charge in [-0.25, -0.2) is 0 Å². The largest absolute Gasteiger partial charge is 0.340 e. The van der Waals surface area contributed by atoms with Gasteiger partial charge in [0.1, 0.15) is 0 Å². The molecule has 2 aromatic carbocycles. The molecule has 2 aromatic rings. The molecule has 0 aliphatic carbocycles. The van der Waals surface area contributed by atoms with E-state index in [0.29, 0.717) is 16.8 Å². The van der Waals surface area contributed by atoms with Crippen molar-refractivity contribution in [3.05, 3.63) is 75.8 Å². The molecule has 2 rings (SSSR count). The molecule has 6 heteroatoms. The Balaban J connectivity index is 2.48. The number of hydrogen-bond donors (Lipinski definition) is 0. The third-order valence-electron chi connectivity index (χ3n) is 2.60. The Morgan fingerprint density at radius 1 is 1.00 bits per heavy atom. The van der Waals surface area contributed by atoms with Gasteiger partial charge in [-0.15, -0.1) is 0 Å². The Kier molecular flexibility index (Phi) is 4.22. The molecule has 0 saturated heterocycles. The summed E-state index contributed by atoms with van der Waals surface area (Å²) in [5.74, 6) is 0. The molecule has 0 spiro atoms. The molecule has 0 N–H and O–H groups in total. The Morgan fingerprint density at radius 2 is 1.55 bits per heavy atom. The lowest BCUT2D eigenvalue weighted by Crippen LogP contribution is -2.05. The number of non-ortho nitro benzene ring substituents is 1. The normalized spacial score (nSPS) is 11.2. The number of nitrogens with zero attached hydrogens (tertiary/aromatic N) is 2. The predicted octanol–water partition coefficient (Wildman–Crippen LogP) is 3.79. The summed E-state index contributed by atoms with van der Waals surface area (Å²) in [6.45, 7) is 0. The lowest BCUT2D eigenvalue weighted by atomic mass is 10.0. The van der Waals surface area contributed by atoms with E-state index in [1.54, 1.807) is 24.3 Å². The molecule has 0 radical (unpaired) electrons. The molecule has 0 aliphatic heterocycles. The van der Waals surface area contributed by atoms with Crippen LogP contribution in [0.1, 0.15) is 11.1 Å². The van der Waals surface area contributed by atoms with Gasteiger partial charge < -0.3 is 0 Å². The SMILES string of the molecule is O=C(Cl)/N=C(/c1ccccc1)c1ccc([N+](=O)[O-])cc1. The number of amides is 1. The highest BCUT2D eigenvalue weighted by Crippen LogP contribution is 2.16. The summed E-state index contributed by atoms with van der Waals surface area (Å²) in [5, 5.41) is 9.78. The minimum absolute atomic E-state index is 0.0293. The number of nitro groups is 1. The van der Waals surface area contributed by atoms with Gasteiger partial charge in [0.2, 0.25) is 0 Å². The second-order valence-electron chi connectivity index (χ2n) is 3.88. The number of rotatable bonds is 3. The van der Waals surface area contributed by atoms with E-state index in [1.807, 2.05) is 6.07 Å². The average Bonchev–Trinajstić information content (AvgIpc) is 2.45. The Morgan fingerprint density at radius 3 is 2.05 bits per heavy atom. The van der Waals surface area contributed by atoms with Gasteiger partial charge in [0.15, 0.2) is 0 Å². The number of hydrogen-bond acceptors (Lipinski definition) is 3. The summed E-state index contributed by atoms with van der Waals surface area (Å²) in [7, 11) is 0. The van der Waals surface area contributed by atoms with E-state index in [9.17, 15) is 14.9 Å². The van der Waals surface area contributed by atoms with Crippen LogP contribution < -0.4 is 0 Å². The van der Waals surface area contributed by atoms with Crippen molar-refractivity contribution < 1.29 is 9.72 Å². The van der Waals surface area contributed by atoms with Crippen LogP contribution in [0.3, 0.4) is 0 Å². The zero-order chi connectivity index (χ0) is 14.5. The first-order chi connectivity index (χ1) is 9.58. The summed E-state index contributed by atoms with van der Waals surface area (Å²) in [6, 6.07) is 14.8. The number of nitro benzene ring substituents is 1. The van der Waals surface area contributed by atoms with Gasteiger partial charge in [-0.05, 0) is 23.7 Å². The van der Waals surface area contributed by atoms with Gasteiger partial charge in [0.25, 0.3) is 5.69 Å². The standard InChI is InChI=1S/C14H9ClN2O3/c15-14(18)16-13(10-4-2-1-3-5-10)11-6-8-12(9-7-11)17(19)20/h1-9H/b16-13-. The molecule has 0 fully saturated rings. The fraction of sp³-hybridized carbons (Fsp3) is 0. The number of halogens is 1. The van der Waals surface area contributed by atoms with Crippen molar-refractivity contribution in [1.82, 2.24) is 0 Å². The molecule has 0 aromatic heterocycles. The minimum atomic E-state index is -0.845. The van der Waals surface area contributed by atoms with Gasteiger partial charge in [-0.2, -0.15) is 4.99 Å². The van der Waals surface area contributed by atoms with E-state index in [2.05, 4.69) is 4.99 Å². The molecule has 0 aliphatic rings. The fourth-order valence-corrected chi connectivity index (χ4v) is 1.81. The lowest BCUT2D eigenvalue weighted by Gasteiger charge is -2.05. The number of carbonyl (C=O) groups is 1. The van der Waals surface area contributed by atoms with Gasteiger partial charge in [-0.1, -0.05) is 30.3 Å². The predicted molar refractivity (Wildman–Crippen MR) is 76.4 cm³/mol. The molecule has 0 atom stereocenters. The zero-order valence-electron chi connectivity index (χ0n) is 10.2. The Labute approximate surface area is 119 Å². The minimum Gasteiger partial charge on any atom is -0.258 e. The second-order valence-corrected chi connectivity index (χ2v) is 4.21. The Bertz CT molecular complexity index is 667. The number of carbonyl (C=O) groups excluding carboxylic acids is 1. The highest BCUT2D eigenvalue weighted by atomic mass is 35.5. The van der Waals surface area contributed by atoms with Crippen LogP contribution in [-0.2, 0) is 0 Å². The summed E-state index contributed by atoms with van der Waals surface area (Å²) in [4.78, 5) is 25.0. The van der Waals surface area contributed by atoms with Gasteiger partial charge in [0.05, 0.1) is 10.6 Å². The third-order valence-corrected chi connectivity index (χ3v) is 2.68. The fourth-order valence-electron chi connectivity index (χ4n) is 1.72. The average molecular weight is 289 g/mol. The van der Waals surface area contributed by atoms with Crippen molar-refractivity contribution in [1.29, 1.82) is 0 Å². The van der Waals surface area contributed by atoms with Crippen molar-refractivity contribution in [3.8, 4) is 0 Å². The second kappa shape index (κ2) is 6.08. The van der Waals surface area contributed by atoms with Crippen molar-refractivity contribution in [3.63, 3.8) is 0 Å². The van der Waals surface area contributed by atoms with E-state index in [-0.39, 0.29) is 5.69 Å². The van der Waals surface area contributed by atoms with Crippen LogP contribution >= 0.6 is 11.6 Å². The third kappa shape index (κ3) is 3.27. The van der Waals surface area contributed by atoms with Gasteiger partial charge in [-0.3, -0.25) is 14.9 Å². The molecule has 0 bridgehead atoms. The van der Waals surface area contributed by atoms with Crippen LogP contribution in [0.5, 0.6) is 0 Å². The van der Waals surface area contributed by atoms with Crippen LogP contribution in [0.2, 0.25) is 0 Å². The monoisotopic (exact) mass is 288 g/mol. The summed E-state index contributed by atoms with van der Waals surface area (Å²) in [5.41, 5.74) is 1.63. The van der Waals surface area contributed by atoms with Crippen molar-refractivity contribution in [2.75, 3.05) is 0 Å². The van der Waals surface area contributed by atoms with E-state index >= 15 is 0 Å². The molecule has 100 valence electrons. The molecule has 1 amide bonds. The van der Waals surface area contributed by atoms with Gasteiger partial charge in [0, 0.05) is 23.3 Å². The summed E-state index contributed by atoms with van der Waals surface area (Å²) < 4.78 is 0. The highest BCUT2D eigenvalue weighted by Gasteiger charge is 2.11. The van der Waals surface area contributed by atoms with Crippen LogP contribution in [0.25, 0.3) is 0 Å². The first-order valence-corrected chi connectivity index (χ1v) is 6.04. The first kappa shape index (κ1) is 13.9. The maximum atomic E-state index is 11.0. The smallest absolute Gasteiger partial charge is 0.258 e. The van der Waals surface area contributed by atoms with Crippen molar-refractivity contribution >= 4 is 28.4 Å². The van der Waals surface area contributed by atoms with Crippen LogP contribution in [0.4, 0.5) is 10.5 Å². The summed E-state index contributed by atoms with van der Waals surface area (Å²) >= 11 is 5.32. The Hall–Kier alpha value is -2.53. The maximum Gasteiger partial charge on any atom is 0.340 e. The highest BCUT2D eigenvalue weighted by molar-refractivity contribution is 6.64. The summed E-state index contributed by atoms with van der Waals surface area (Å²) in [6.07, 6.45) is 0. The van der Waals surface area contributed by atoms with Crippen LogP contribution in [0, 0.1) is 10.1 Å². The molecular formula is C14H9ClN2O3.